The lowest BCUT2D eigenvalue weighted by Crippen LogP contribution is -2.57. The minimum atomic E-state index is -1.03. The number of hydrogen-bond donors (Lipinski definition) is 3. The van der Waals surface area contributed by atoms with Gasteiger partial charge in [0.1, 0.15) is 23.8 Å². The summed E-state index contributed by atoms with van der Waals surface area (Å²) in [7, 11) is 1.57. The number of carbonyl (C=O) groups excluding carboxylic acids is 4. The maximum absolute atomic E-state index is 13.9. The molecule has 1 saturated heterocycles. The second-order valence-corrected chi connectivity index (χ2v) is 13.4. The SMILES string of the molecule is COC1OC1[C@@]12CC1/C=C\CCCCC[C@H](NC(=O)OC(C)(C)C)C(=O)N[C@@H](CCOC(=O)N1Cc3ccccc3C1)C(=O)N2. The van der Waals surface area contributed by atoms with Gasteiger partial charge in [-0.2, -0.15) is 0 Å². The van der Waals surface area contributed by atoms with Crippen molar-refractivity contribution in [3.05, 3.63) is 47.5 Å². The summed E-state index contributed by atoms with van der Waals surface area (Å²) in [6, 6.07) is 5.89. The number of benzene rings is 1. The standard InChI is InChI=1S/C33H46N4O8/c1-32(2,3)45-30(40)35-24-15-9-7-5-6-8-14-23-18-33(23,26-29(42-4)44-26)36-28(39)25(34-27(24)38)16-17-43-31(41)37-19-21-12-10-11-13-22(21)20-37/h8,10-14,23-26,29H,5-7,9,15-20H2,1-4H3,(H,34,38)(H,35,40)(H,36,39)/b14-8-/t23?,24-,25-,26?,29?,33+/m0/s1. The second kappa shape index (κ2) is 13.8. The van der Waals surface area contributed by atoms with E-state index in [1.54, 1.807) is 32.8 Å². The van der Waals surface area contributed by atoms with E-state index in [0.717, 1.165) is 30.4 Å². The molecule has 0 spiro atoms. The van der Waals surface area contributed by atoms with Crippen molar-refractivity contribution in [2.45, 2.75) is 114 Å². The van der Waals surface area contributed by atoms with Crippen molar-refractivity contribution in [1.29, 1.82) is 0 Å². The van der Waals surface area contributed by atoms with Crippen molar-refractivity contribution >= 4 is 24.0 Å². The molecule has 1 aromatic rings. The summed E-state index contributed by atoms with van der Waals surface area (Å²) in [4.78, 5) is 54.6. The first-order valence-electron chi connectivity index (χ1n) is 15.9. The molecule has 3 unspecified atom stereocenters. The Labute approximate surface area is 264 Å². The van der Waals surface area contributed by atoms with E-state index < -0.39 is 53.5 Å². The molecule has 5 rings (SSSR count). The van der Waals surface area contributed by atoms with E-state index in [1.165, 1.54) is 0 Å². The Balaban J connectivity index is 1.29. The largest absolute Gasteiger partial charge is 0.449 e. The second-order valence-electron chi connectivity index (χ2n) is 13.4. The normalized spacial score (nSPS) is 30.8. The van der Waals surface area contributed by atoms with Crippen molar-refractivity contribution < 1.29 is 38.1 Å². The van der Waals surface area contributed by atoms with E-state index in [-0.39, 0.29) is 25.0 Å². The van der Waals surface area contributed by atoms with E-state index in [1.807, 2.05) is 24.3 Å². The molecule has 3 aliphatic heterocycles. The van der Waals surface area contributed by atoms with Crippen LogP contribution in [-0.2, 0) is 41.6 Å². The average molecular weight is 627 g/mol. The van der Waals surface area contributed by atoms with Crippen LogP contribution < -0.4 is 16.0 Å². The summed E-state index contributed by atoms with van der Waals surface area (Å²) in [5, 5.41) is 8.68. The van der Waals surface area contributed by atoms with Gasteiger partial charge in [-0.05, 0) is 57.6 Å². The zero-order chi connectivity index (χ0) is 32.2. The topological polar surface area (TPSA) is 148 Å². The summed E-state index contributed by atoms with van der Waals surface area (Å²) >= 11 is 0. The van der Waals surface area contributed by atoms with Gasteiger partial charge < -0.3 is 34.9 Å². The highest BCUT2D eigenvalue weighted by atomic mass is 16.8. The van der Waals surface area contributed by atoms with Crippen LogP contribution >= 0.6 is 0 Å². The van der Waals surface area contributed by atoms with E-state index in [0.29, 0.717) is 32.4 Å². The number of methoxy groups -OCH3 is 1. The zero-order valence-electron chi connectivity index (χ0n) is 26.6. The number of alkyl carbamates (subject to hydrolysis) is 1. The van der Waals surface area contributed by atoms with Gasteiger partial charge in [0.2, 0.25) is 11.8 Å². The van der Waals surface area contributed by atoms with Crippen LogP contribution in [0.15, 0.2) is 36.4 Å². The van der Waals surface area contributed by atoms with Crippen molar-refractivity contribution in [2.75, 3.05) is 13.7 Å². The molecule has 12 heteroatoms. The number of epoxide rings is 1. The molecule has 4 aliphatic rings. The first-order valence-corrected chi connectivity index (χ1v) is 15.9. The smallest absolute Gasteiger partial charge is 0.410 e. The average Bonchev–Trinajstić information content (AvgIpc) is 3.87. The molecule has 6 atom stereocenters. The van der Waals surface area contributed by atoms with Gasteiger partial charge >= 0.3 is 12.2 Å². The molecule has 0 bridgehead atoms. The van der Waals surface area contributed by atoms with Crippen LogP contribution in [0.2, 0.25) is 0 Å². The fourth-order valence-electron chi connectivity index (χ4n) is 6.17. The summed E-state index contributed by atoms with van der Waals surface area (Å²) in [6.07, 6.45) is 6.84. The van der Waals surface area contributed by atoms with E-state index >= 15 is 0 Å². The van der Waals surface area contributed by atoms with Crippen LogP contribution in [0.3, 0.4) is 0 Å². The lowest BCUT2D eigenvalue weighted by atomic mass is 10.1. The molecule has 2 fully saturated rings. The Morgan fingerprint density at radius 2 is 1.82 bits per heavy atom. The van der Waals surface area contributed by atoms with Gasteiger partial charge in [-0.3, -0.25) is 14.5 Å². The summed E-state index contributed by atoms with van der Waals surface area (Å²) < 4.78 is 22.1. The molecular weight excluding hydrogens is 580 g/mol. The van der Waals surface area contributed by atoms with Crippen LogP contribution in [0.25, 0.3) is 0 Å². The summed E-state index contributed by atoms with van der Waals surface area (Å²) in [6.45, 7) is 6.05. The van der Waals surface area contributed by atoms with Crippen LogP contribution in [0.5, 0.6) is 0 Å². The van der Waals surface area contributed by atoms with E-state index in [2.05, 4.69) is 28.1 Å². The van der Waals surface area contributed by atoms with Gasteiger partial charge in [0.25, 0.3) is 0 Å². The molecule has 0 aromatic heterocycles. The number of rotatable bonds is 6. The van der Waals surface area contributed by atoms with Crippen LogP contribution in [-0.4, -0.2) is 78.2 Å². The lowest BCUT2D eigenvalue weighted by molar-refractivity contribution is -0.131. The maximum Gasteiger partial charge on any atom is 0.410 e. The number of nitrogens with zero attached hydrogens (tertiary/aromatic N) is 1. The highest BCUT2D eigenvalue weighted by Gasteiger charge is 2.68. The minimum Gasteiger partial charge on any atom is -0.449 e. The highest BCUT2D eigenvalue weighted by Crippen LogP contribution is 2.54. The minimum absolute atomic E-state index is 0.0407. The van der Waals surface area contributed by atoms with Crippen LogP contribution in [0.1, 0.15) is 76.8 Å². The van der Waals surface area contributed by atoms with Crippen molar-refractivity contribution in [2.24, 2.45) is 5.92 Å². The number of nitrogens with one attached hydrogen (secondary N) is 3. The van der Waals surface area contributed by atoms with Crippen LogP contribution in [0, 0.1) is 5.92 Å². The van der Waals surface area contributed by atoms with E-state index in [4.69, 9.17) is 18.9 Å². The van der Waals surface area contributed by atoms with Crippen LogP contribution in [0.4, 0.5) is 9.59 Å². The number of amides is 4. The predicted octanol–water partition coefficient (Wildman–Crippen LogP) is 3.67. The van der Waals surface area contributed by atoms with Gasteiger partial charge in [0.05, 0.1) is 12.1 Å². The monoisotopic (exact) mass is 626 g/mol. The lowest BCUT2D eigenvalue weighted by Gasteiger charge is -2.26. The Bertz CT molecular complexity index is 1270. The first kappa shape index (κ1) is 32.7. The quantitative estimate of drug-likeness (QED) is 0.320. The number of allylic oxidation sites excluding steroid dienone is 1. The third kappa shape index (κ3) is 8.35. The molecule has 45 heavy (non-hydrogen) atoms. The third-order valence-electron chi connectivity index (χ3n) is 8.71. The van der Waals surface area contributed by atoms with Gasteiger partial charge in [0, 0.05) is 32.5 Å². The molecule has 12 nitrogen and oxygen atoms in total. The fourth-order valence-corrected chi connectivity index (χ4v) is 6.17. The molecular formula is C33H46N4O8. The molecule has 3 N–H and O–H groups in total. The van der Waals surface area contributed by atoms with Crippen molar-refractivity contribution in [3.63, 3.8) is 0 Å². The maximum atomic E-state index is 13.9. The first-order chi connectivity index (χ1) is 21.5. The summed E-state index contributed by atoms with van der Waals surface area (Å²) in [5.41, 5.74) is 0.752. The van der Waals surface area contributed by atoms with Gasteiger partial charge in [-0.25, -0.2) is 9.59 Å². The molecule has 4 amide bonds. The molecule has 1 saturated carbocycles. The van der Waals surface area contributed by atoms with Gasteiger partial charge in [0.15, 0.2) is 6.29 Å². The molecule has 1 aromatic carbocycles. The Hall–Kier alpha value is -3.64. The Morgan fingerprint density at radius 1 is 1.09 bits per heavy atom. The van der Waals surface area contributed by atoms with Crippen molar-refractivity contribution in [1.82, 2.24) is 20.9 Å². The highest BCUT2D eigenvalue weighted by molar-refractivity contribution is 5.92. The molecule has 1 aliphatic carbocycles. The molecule has 3 heterocycles. The molecule has 0 radical (unpaired) electrons. The Morgan fingerprint density at radius 3 is 2.49 bits per heavy atom. The van der Waals surface area contributed by atoms with Crippen molar-refractivity contribution in [3.8, 4) is 0 Å². The van der Waals surface area contributed by atoms with Gasteiger partial charge in [-0.1, -0.05) is 49.3 Å². The third-order valence-corrected chi connectivity index (χ3v) is 8.71. The number of carbonyl (C=O) groups is 4. The van der Waals surface area contributed by atoms with Gasteiger partial charge in [-0.15, -0.1) is 0 Å². The Kier molecular flexibility index (Phi) is 10.0. The number of ether oxygens (including phenoxy) is 4. The zero-order valence-corrected chi connectivity index (χ0v) is 26.6. The summed E-state index contributed by atoms with van der Waals surface area (Å²) in [5.74, 6) is -0.849. The fraction of sp³-hybridized carbons (Fsp3) is 0.636. The number of hydrogen-bond acceptors (Lipinski definition) is 8. The molecule has 246 valence electrons. The van der Waals surface area contributed by atoms with E-state index in [9.17, 15) is 19.2 Å². The predicted molar refractivity (Wildman–Crippen MR) is 164 cm³/mol. The number of fused-ring (bicyclic) bond motifs is 2.